The number of carbonyl (C=O) groups is 1. The summed E-state index contributed by atoms with van der Waals surface area (Å²) >= 11 is 2.16. The molecule has 0 saturated heterocycles. The molecule has 0 unspecified atom stereocenters. The van der Waals surface area contributed by atoms with Gasteiger partial charge in [-0.25, -0.2) is 0 Å². The van der Waals surface area contributed by atoms with Gasteiger partial charge < -0.3 is 5.53 Å². The van der Waals surface area contributed by atoms with Crippen LogP contribution in [-0.4, -0.2) is 28.0 Å². The topological polar surface area (TPSA) is 90.2 Å². The molecule has 1 aromatic carbocycles. The lowest BCUT2D eigenvalue weighted by Gasteiger charge is -2.01. The monoisotopic (exact) mass is 353 g/mol. The molecule has 6 nitrogen and oxygen atoms in total. The Morgan fingerprint density at radius 1 is 1.33 bits per heavy atom. The van der Waals surface area contributed by atoms with E-state index in [0.717, 1.165) is 3.57 Å². The van der Waals surface area contributed by atoms with Crippen molar-refractivity contribution in [2.24, 2.45) is 10.2 Å². The van der Waals surface area contributed by atoms with Crippen LogP contribution in [0.15, 0.2) is 34.5 Å². The van der Waals surface area contributed by atoms with E-state index in [1.54, 1.807) is 19.1 Å². The highest BCUT2D eigenvalue weighted by molar-refractivity contribution is 14.1. The van der Waals surface area contributed by atoms with Crippen LogP contribution < -0.4 is 5.32 Å². The summed E-state index contributed by atoms with van der Waals surface area (Å²) in [6, 6.07) is 7.07. The van der Waals surface area contributed by atoms with Gasteiger partial charge in [-0.2, -0.15) is 4.79 Å². The number of rotatable bonds is 1. The fourth-order valence-electron chi connectivity index (χ4n) is 1.38. The first-order chi connectivity index (χ1) is 8.61. The van der Waals surface area contributed by atoms with Crippen molar-refractivity contribution in [3.05, 3.63) is 38.9 Å². The number of carbonyl (C=O) groups excluding carboxylic acids is 1. The van der Waals surface area contributed by atoms with Crippen LogP contribution in [-0.2, 0) is 0 Å². The number of halogens is 1. The Hall–Kier alpha value is -1.86. The molecule has 1 N–H and O–H groups in total. The third-order valence-corrected chi connectivity index (χ3v) is 3.02. The van der Waals surface area contributed by atoms with E-state index in [1.165, 1.54) is 0 Å². The van der Waals surface area contributed by atoms with Crippen LogP contribution in [0.3, 0.4) is 0 Å². The molecule has 0 bridgehead atoms. The van der Waals surface area contributed by atoms with Crippen molar-refractivity contribution in [2.75, 3.05) is 0 Å². The normalized spacial score (nSPS) is 13.8. The van der Waals surface area contributed by atoms with E-state index >= 15 is 0 Å². The highest BCUT2D eigenvalue weighted by atomic mass is 127. The first kappa shape index (κ1) is 12.6. The fraction of sp³-hybridized carbons (Fsp3) is 0.0909. The van der Waals surface area contributed by atoms with Crippen LogP contribution in [0.25, 0.3) is 5.53 Å². The Labute approximate surface area is 117 Å². The number of hydrogen-bond donors (Lipinski definition) is 1. The highest BCUT2D eigenvalue weighted by Crippen LogP contribution is 2.07. The van der Waals surface area contributed by atoms with Gasteiger partial charge in [-0.3, -0.25) is 10.1 Å². The molecule has 18 heavy (non-hydrogen) atoms. The number of hydrogen-bond acceptors (Lipinski definition) is 3. The van der Waals surface area contributed by atoms with Gasteiger partial charge >= 0.3 is 5.71 Å². The Balaban J connectivity index is 2.15. The van der Waals surface area contributed by atoms with Gasteiger partial charge in [0.15, 0.2) is 5.71 Å². The third-order valence-electron chi connectivity index (χ3n) is 2.31. The van der Waals surface area contributed by atoms with Crippen molar-refractivity contribution in [3.63, 3.8) is 0 Å². The molecule has 1 aromatic rings. The summed E-state index contributed by atoms with van der Waals surface area (Å²) in [5.41, 5.74) is 9.93. The minimum atomic E-state index is -0.323. The standard InChI is InChI=1S/C11H8IN5O/c1-6-9(15-13)10(17-16-6)14-11(18)7-2-4-8(12)5-3-7/h2-5H,1H3,(H,14,17,18). The van der Waals surface area contributed by atoms with Gasteiger partial charge in [0.1, 0.15) is 0 Å². The molecule has 0 radical (unpaired) electrons. The quantitative estimate of drug-likeness (QED) is 0.463. The average molecular weight is 353 g/mol. The maximum absolute atomic E-state index is 11.9. The van der Waals surface area contributed by atoms with Crippen molar-refractivity contribution in [2.45, 2.75) is 6.92 Å². The highest BCUT2D eigenvalue weighted by Gasteiger charge is 2.28. The lowest BCUT2D eigenvalue weighted by molar-refractivity contribution is 0.00162. The second kappa shape index (κ2) is 5.19. The van der Waals surface area contributed by atoms with Crippen LogP contribution in [0.5, 0.6) is 0 Å². The summed E-state index contributed by atoms with van der Waals surface area (Å²) in [4.78, 5) is 14.9. The van der Waals surface area contributed by atoms with E-state index < -0.39 is 0 Å². The minimum Gasteiger partial charge on any atom is -0.361 e. The zero-order valence-electron chi connectivity index (χ0n) is 9.38. The predicted octanol–water partition coefficient (Wildman–Crippen LogP) is 1.48. The Morgan fingerprint density at radius 3 is 2.61 bits per heavy atom. The van der Waals surface area contributed by atoms with Gasteiger partial charge in [0.2, 0.25) is 5.84 Å². The van der Waals surface area contributed by atoms with Gasteiger partial charge in [-0.05, 0) is 53.8 Å². The van der Waals surface area contributed by atoms with Crippen LogP contribution in [0, 0.1) is 3.57 Å². The maximum Gasteiger partial charge on any atom is 0.382 e. The molecule has 90 valence electrons. The number of amidine groups is 1. The molecule has 0 aromatic heterocycles. The Kier molecular flexibility index (Phi) is 3.63. The maximum atomic E-state index is 11.9. The van der Waals surface area contributed by atoms with Crippen molar-refractivity contribution in [1.82, 2.24) is 5.32 Å². The summed E-state index contributed by atoms with van der Waals surface area (Å²) in [6.45, 7) is 1.64. The van der Waals surface area contributed by atoms with Crippen molar-refractivity contribution in [1.29, 1.82) is 0 Å². The summed E-state index contributed by atoms with van der Waals surface area (Å²) < 4.78 is 1.04. The zero-order valence-corrected chi connectivity index (χ0v) is 11.5. The van der Waals surface area contributed by atoms with E-state index in [1.807, 2.05) is 12.1 Å². The van der Waals surface area contributed by atoms with Gasteiger partial charge in [0, 0.05) is 9.13 Å². The molecule has 0 spiro atoms. The SMILES string of the molecule is CC1=NN=C(NC(=O)c2ccc(I)cc2)C1=[N+]=[N-]. The second-order valence-corrected chi connectivity index (χ2v) is 4.79. The Morgan fingerprint density at radius 2 is 2.00 bits per heavy atom. The fourth-order valence-corrected chi connectivity index (χ4v) is 1.74. The molecule has 2 rings (SSSR count). The molecule has 0 aliphatic carbocycles. The number of nitrogens with zero attached hydrogens (tertiary/aromatic N) is 4. The number of amides is 1. The van der Waals surface area contributed by atoms with Crippen molar-refractivity contribution < 1.29 is 9.58 Å². The van der Waals surface area contributed by atoms with Crippen molar-refractivity contribution in [3.8, 4) is 0 Å². The third kappa shape index (κ3) is 2.52. The van der Waals surface area contributed by atoms with Crippen LogP contribution >= 0.6 is 22.6 Å². The van der Waals surface area contributed by atoms with Crippen LogP contribution in [0.4, 0.5) is 0 Å². The molecule has 1 aliphatic rings. The summed E-state index contributed by atoms with van der Waals surface area (Å²) in [5.74, 6) is -0.172. The molecule has 7 heteroatoms. The van der Waals surface area contributed by atoms with Gasteiger partial charge in [-0.15, -0.1) is 10.2 Å². The van der Waals surface area contributed by atoms with Gasteiger partial charge in [0.05, 0.1) is 0 Å². The van der Waals surface area contributed by atoms with Crippen LogP contribution in [0.1, 0.15) is 17.3 Å². The molecular weight excluding hydrogens is 345 g/mol. The molecule has 0 saturated carbocycles. The van der Waals surface area contributed by atoms with Crippen LogP contribution in [0.2, 0.25) is 0 Å². The van der Waals surface area contributed by atoms with E-state index in [9.17, 15) is 4.79 Å². The lowest BCUT2D eigenvalue weighted by Crippen LogP contribution is -2.37. The van der Waals surface area contributed by atoms with Gasteiger partial charge in [-0.1, -0.05) is 0 Å². The van der Waals surface area contributed by atoms with E-state index in [2.05, 4.69) is 42.9 Å². The summed E-state index contributed by atoms with van der Waals surface area (Å²) in [5, 5.41) is 10.0. The number of benzene rings is 1. The first-order valence-corrected chi connectivity index (χ1v) is 6.11. The minimum absolute atomic E-state index is 0.151. The summed E-state index contributed by atoms with van der Waals surface area (Å²) in [7, 11) is 0. The largest absolute Gasteiger partial charge is 0.382 e. The van der Waals surface area contributed by atoms with Crippen molar-refractivity contribution >= 4 is 45.8 Å². The molecule has 0 fully saturated rings. The molecule has 1 aliphatic heterocycles. The molecule has 1 amide bonds. The lowest BCUT2D eigenvalue weighted by atomic mass is 10.2. The van der Waals surface area contributed by atoms with E-state index in [4.69, 9.17) is 5.53 Å². The molecular formula is C11H8IN5O. The number of nitrogens with one attached hydrogen (secondary N) is 1. The molecule has 1 heterocycles. The first-order valence-electron chi connectivity index (χ1n) is 5.04. The average Bonchev–Trinajstić information content (AvgIpc) is 2.70. The van der Waals surface area contributed by atoms with E-state index in [0.29, 0.717) is 11.3 Å². The smallest absolute Gasteiger partial charge is 0.361 e. The zero-order chi connectivity index (χ0) is 13.1. The van der Waals surface area contributed by atoms with E-state index in [-0.39, 0.29) is 17.5 Å². The predicted molar refractivity (Wildman–Crippen MR) is 75.8 cm³/mol. The Bertz CT molecular complexity index is 611. The van der Waals surface area contributed by atoms with Gasteiger partial charge in [0.25, 0.3) is 5.91 Å². The summed E-state index contributed by atoms with van der Waals surface area (Å²) in [6.07, 6.45) is 0. The molecule has 0 atom stereocenters. The second-order valence-electron chi connectivity index (χ2n) is 3.54.